The van der Waals surface area contributed by atoms with Crippen LogP contribution in [0.2, 0.25) is 0 Å². The van der Waals surface area contributed by atoms with Gasteiger partial charge in [-0.25, -0.2) is 4.98 Å². The summed E-state index contributed by atoms with van der Waals surface area (Å²) in [6.07, 6.45) is 0. The highest BCUT2D eigenvalue weighted by molar-refractivity contribution is 7.26. The zero-order chi connectivity index (χ0) is 33.0. The Morgan fingerprint density at radius 1 is 0.400 bits per heavy atom. The van der Waals surface area contributed by atoms with Gasteiger partial charge in [-0.15, -0.1) is 11.3 Å². The van der Waals surface area contributed by atoms with Gasteiger partial charge in [0, 0.05) is 47.8 Å². The van der Waals surface area contributed by atoms with Crippen LogP contribution in [0.5, 0.6) is 0 Å². The number of hydrogen-bond acceptors (Lipinski definition) is 2. The molecule has 50 heavy (non-hydrogen) atoms. The number of benzene rings is 7. The van der Waals surface area contributed by atoms with E-state index < -0.39 is 0 Å². The summed E-state index contributed by atoms with van der Waals surface area (Å²) in [5.74, 6) is 0. The molecule has 10 rings (SSSR count). The molecule has 3 heteroatoms. The standard InChI is InChI=1S/C47H30N2S/c1-3-14-31(15-4-1)32-16-11-17-33(28-32)34-29-42(48-43(30-34)41-25-13-23-39-37-21-8-10-27-45(37)50-47(39)41)40-24-12-22-38-36-20-7-9-26-44(36)49(46(38)40)35-18-5-2-6-19-35/h1-30H. The second-order valence-electron chi connectivity index (χ2n) is 12.7. The smallest absolute Gasteiger partial charge is 0.0737 e. The van der Waals surface area contributed by atoms with E-state index in [0.29, 0.717) is 0 Å². The second-order valence-corrected chi connectivity index (χ2v) is 13.8. The van der Waals surface area contributed by atoms with Crippen molar-refractivity contribution >= 4 is 53.3 Å². The monoisotopic (exact) mass is 654 g/mol. The van der Waals surface area contributed by atoms with Crippen molar-refractivity contribution in [1.82, 2.24) is 9.55 Å². The number of para-hydroxylation sites is 3. The number of nitrogens with zero attached hydrogens (tertiary/aromatic N) is 2. The highest BCUT2D eigenvalue weighted by Crippen LogP contribution is 2.43. The lowest BCUT2D eigenvalue weighted by molar-refractivity contribution is 1.18. The minimum absolute atomic E-state index is 0.950. The fourth-order valence-electron chi connectivity index (χ4n) is 7.50. The molecular weight excluding hydrogens is 625 g/mol. The van der Waals surface area contributed by atoms with Crippen LogP contribution in [0.15, 0.2) is 182 Å². The molecule has 2 nitrogen and oxygen atoms in total. The fourth-order valence-corrected chi connectivity index (χ4v) is 8.73. The van der Waals surface area contributed by atoms with Crippen LogP contribution in [0.25, 0.3) is 92.4 Å². The van der Waals surface area contributed by atoms with Gasteiger partial charge in [-0.1, -0.05) is 140 Å². The van der Waals surface area contributed by atoms with Crippen molar-refractivity contribution in [3.63, 3.8) is 0 Å². The zero-order valence-electron chi connectivity index (χ0n) is 27.1. The first kappa shape index (κ1) is 28.7. The summed E-state index contributed by atoms with van der Waals surface area (Å²) in [6, 6.07) is 65.4. The number of hydrogen-bond donors (Lipinski definition) is 0. The predicted octanol–water partition coefficient (Wildman–Crippen LogP) is 13.2. The summed E-state index contributed by atoms with van der Waals surface area (Å²) in [5.41, 5.74) is 12.4. The first-order chi connectivity index (χ1) is 24.8. The van der Waals surface area contributed by atoms with Gasteiger partial charge in [0.2, 0.25) is 0 Å². The Balaban J connectivity index is 1.27. The van der Waals surface area contributed by atoms with Crippen LogP contribution < -0.4 is 0 Å². The summed E-state index contributed by atoms with van der Waals surface area (Å²) < 4.78 is 4.95. The van der Waals surface area contributed by atoms with Gasteiger partial charge >= 0.3 is 0 Å². The molecule has 234 valence electrons. The molecule has 0 unspecified atom stereocenters. The molecule has 10 aromatic rings. The summed E-state index contributed by atoms with van der Waals surface area (Å²) >= 11 is 1.85. The molecule has 0 atom stereocenters. The third-order valence-electron chi connectivity index (χ3n) is 9.79. The second kappa shape index (κ2) is 11.7. The SMILES string of the molecule is c1ccc(-c2cccc(-c3cc(-c4cccc5c4sc4ccccc45)nc(-c4cccc5c6ccccc6n(-c6ccccc6)c45)c3)c2)cc1. The molecule has 0 aliphatic heterocycles. The van der Waals surface area contributed by atoms with Crippen molar-refractivity contribution in [2.75, 3.05) is 0 Å². The molecule has 0 spiro atoms. The van der Waals surface area contributed by atoms with E-state index in [-0.39, 0.29) is 0 Å². The van der Waals surface area contributed by atoms with Crippen LogP contribution in [-0.2, 0) is 0 Å². The van der Waals surface area contributed by atoms with Gasteiger partial charge in [0.1, 0.15) is 0 Å². The van der Waals surface area contributed by atoms with E-state index in [9.17, 15) is 0 Å². The highest BCUT2D eigenvalue weighted by Gasteiger charge is 2.19. The third-order valence-corrected chi connectivity index (χ3v) is 11.0. The minimum atomic E-state index is 0.950. The molecule has 0 N–H and O–H groups in total. The number of pyridine rings is 1. The van der Waals surface area contributed by atoms with Gasteiger partial charge < -0.3 is 4.57 Å². The van der Waals surface area contributed by atoms with Gasteiger partial charge in [0.25, 0.3) is 0 Å². The average Bonchev–Trinajstić information content (AvgIpc) is 3.75. The molecule has 0 saturated heterocycles. The van der Waals surface area contributed by atoms with Gasteiger partial charge in [-0.2, -0.15) is 0 Å². The van der Waals surface area contributed by atoms with Crippen molar-refractivity contribution in [2.24, 2.45) is 0 Å². The summed E-state index contributed by atoms with van der Waals surface area (Å²) in [5, 5.41) is 5.01. The molecule has 0 aliphatic carbocycles. The van der Waals surface area contributed by atoms with E-state index in [1.807, 2.05) is 11.3 Å². The largest absolute Gasteiger partial charge is 0.309 e. The molecule has 0 fully saturated rings. The van der Waals surface area contributed by atoms with Gasteiger partial charge in [-0.3, -0.25) is 0 Å². The highest BCUT2D eigenvalue weighted by atomic mass is 32.1. The van der Waals surface area contributed by atoms with E-state index >= 15 is 0 Å². The van der Waals surface area contributed by atoms with Crippen LogP contribution in [0.3, 0.4) is 0 Å². The van der Waals surface area contributed by atoms with Crippen LogP contribution in [0.1, 0.15) is 0 Å². The van der Waals surface area contributed by atoms with Crippen molar-refractivity contribution in [1.29, 1.82) is 0 Å². The molecule has 3 heterocycles. The van der Waals surface area contributed by atoms with Gasteiger partial charge in [-0.05, 0) is 64.7 Å². The first-order valence-electron chi connectivity index (χ1n) is 17.0. The Hall–Kier alpha value is -6.29. The van der Waals surface area contributed by atoms with Crippen LogP contribution in [0.4, 0.5) is 0 Å². The number of thiophene rings is 1. The summed E-state index contributed by atoms with van der Waals surface area (Å²) in [4.78, 5) is 5.55. The molecular formula is C47H30N2S. The first-order valence-corrected chi connectivity index (χ1v) is 17.8. The van der Waals surface area contributed by atoms with Gasteiger partial charge in [0.05, 0.1) is 22.4 Å². The molecule has 3 aromatic heterocycles. The number of aromatic nitrogens is 2. The lowest BCUT2D eigenvalue weighted by Gasteiger charge is -2.14. The Morgan fingerprint density at radius 2 is 0.980 bits per heavy atom. The Bertz CT molecular complexity index is 2860. The normalized spacial score (nSPS) is 11.6. The topological polar surface area (TPSA) is 17.8 Å². The molecule has 0 saturated carbocycles. The predicted molar refractivity (Wildman–Crippen MR) is 213 cm³/mol. The Kier molecular flexibility index (Phi) is 6.71. The quantitative estimate of drug-likeness (QED) is 0.181. The summed E-state index contributed by atoms with van der Waals surface area (Å²) in [6.45, 7) is 0. The van der Waals surface area contributed by atoms with Crippen molar-refractivity contribution in [2.45, 2.75) is 0 Å². The van der Waals surface area contributed by atoms with Gasteiger partial charge in [0.15, 0.2) is 0 Å². The Morgan fingerprint density at radius 3 is 1.80 bits per heavy atom. The average molecular weight is 655 g/mol. The Labute approximate surface area is 294 Å². The molecule has 0 radical (unpaired) electrons. The van der Waals surface area contributed by atoms with E-state index in [1.165, 1.54) is 47.6 Å². The third kappa shape index (κ3) is 4.67. The van der Waals surface area contributed by atoms with E-state index in [4.69, 9.17) is 4.98 Å². The van der Waals surface area contributed by atoms with E-state index in [0.717, 1.165) is 44.8 Å². The van der Waals surface area contributed by atoms with E-state index in [2.05, 4.69) is 187 Å². The fraction of sp³-hybridized carbons (Fsp3) is 0. The lowest BCUT2D eigenvalue weighted by atomic mass is 9.96. The molecule has 0 amide bonds. The zero-order valence-corrected chi connectivity index (χ0v) is 27.9. The van der Waals surface area contributed by atoms with Crippen LogP contribution in [0, 0.1) is 0 Å². The van der Waals surface area contributed by atoms with E-state index in [1.54, 1.807) is 0 Å². The van der Waals surface area contributed by atoms with Crippen LogP contribution in [-0.4, -0.2) is 9.55 Å². The van der Waals surface area contributed by atoms with Crippen molar-refractivity contribution in [3.8, 4) is 50.5 Å². The number of rotatable bonds is 5. The minimum Gasteiger partial charge on any atom is -0.309 e. The van der Waals surface area contributed by atoms with Crippen molar-refractivity contribution < 1.29 is 0 Å². The molecule has 7 aromatic carbocycles. The maximum absolute atomic E-state index is 5.55. The molecule has 0 aliphatic rings. The maximum Gasteiger partial charge on any atom is 0.0737 e. The summed E-state index contributed by atoms with van der Waals surface area (Å²) in [7, 11) is 0. The maximum atomic E-state index is 5.55. The molecule has 0 bridgehead atoms. The lowest BCUT2D eigenvalue weighted by Crippen LogP contribution is -1.97. The van der Waals surface area contributed by atoms with Crippen molar-refractivity contribution in [3.05, 3.63) is 182 Å². The van der Waals surface area contributed by atoms with Crippen LogP contribution >= 0.6 is 11.3 Å². The number of fused-ring (bicyclic) bond motifs is 6.